The van der Waals surface area contributed by atoms with E-state index in [1.807, 2.05) is 0 Å². The summed E-state index contributed by atoms with van der Waals surface area (Å²) in [6.45, 7) is 5.95. The van der Waals surface area contributed by atoms with Gasteiger partial charge in [-0.1, -0.05) is 61.8 Å². The predicted octanol–water partition coefficient (Wildman–Crippen LogP) is 5.96. The minimum atomic E-state index is 0.447. The number of allylic oxidation sites excluding steroid dienone is 4. The lowest BCUT2D eigenvalue weighted by Gasteiger charge is -2.39. The molecule has 0 radical (unpaired) electrons. The smallest absolute Gasteiger partial charge is 0.0506 e. The van der Waals surface area contributed by atoms with Gasteiger partial charge in [-0.25, -0.2) is 0 Å². The Hall–Kier alpha value is -1.08. The third-order valence-electron chi connectivity index (χ3n) is 7.03. The maximum absolute atomic E-state index is 3.90. The summed E-state index contributed by atoms with van der Waals surface area (Å²) in [5, 5.41) is 3.90. The second-order valence-corrected chi connectivity index (χ2v) is 8.96. The molecule has 4 atom stereocenters. The summed E-state index contributed by atoms with van der Waals surface area (Å²) in [6, 6.07) is 0.447. The molecule has 4 aliphatic rings. The zero-order valence-electron chi connectivity index (χ0n) is 16.1. The topological polar surface area (TPSA) is 12.0 Å². The molecule has 4 rings (SSSR count). The van der Waals surface area contributed by atoms with E-state index in [0.29, 0.717) is 12.0 Å². The third kappa shape index (κ3) is 3.72. The van der Waals surface area contributed by atoms with E-state index >= 15 is 0 Å². The van der Waals surface area contributed by atoms with Crippen LogP contribution < -0.4 is 5.32 Å². The minimum Gasteiger partial charge on any atom is -0.306 e. The first-order chi connectivity index (χ1) is 12.2. The fourth-order valence-corrected chi connectivity index (χ4v) is 5.54. The molecule has 1 nitrogen and oxygen atoms in total. The molecule has 25 heavy (non-hydrogen) atoms. The van der Waals surface area contributed by atoms with Gasteiger partial charge >= 0.3 is 0 Å². The van der Waals surface area contributed by atoms with Crippen LogP contribution in [0.1, 0.15) is 65.2 Å². The van der Waals surface area contributed by atoms with Crippen molar-refractivity contribution in [1.29, 1.82) is 0 Å². The summed E-state index contributed by atoms with van der Waals surface area (Å²) in [5.41, 5.74) is 5.01. The van der Waals surface area contributed by atoms with Gasteiger partial charge in [0.05, 0.1) is 6.04 Å². The first kappa shape index (κ1) is 17.3. The molecule has 1 heterocycles. The average Bonchev–Trinajstić information content (AvgIpc) is 2.68. The highest BCUT2D eigenvalue weighted by molar-refractivity contribution is 5.39. The van der Waals surface area contributed by atoms with Crippen molar-refractivity contribution in [3.05, 3.63) is 47.1 Å². The molecule has 3 aliphatic carbocycles. The Kier molecular flexibility index (Phi) is 5.31. The lowest BCUT2D eigenvalue weighted by atomic mass is 9.72. The van der Waals surface area contributed by atoms with Gasteiger partial charge in [-0.2, -0.15) is 0 Å². The molecule has 1 heteroatoms. The molecule has 0 amide bonds. The molecule has 136 valence electrons. The molecule has 0 aromatic carbocycles. The van der Waals surface area contributed by atoms with E-state index in [-0.39, 0.29) is 0 Å². The van der Waals surface area contributed by atoms with Crippen LogP contribution in [0.5, 0.6) is 0 Å². The highest BCUT2D eigenvalue weighted by Gasteiger charge is 2.32. The van der Waals surface area contributed by atoms with E-state index in [0.717, 1.165) is 24.3 Å². The van der Waals surface area contributed by atoms with Crippen molar-refractivity contribution in [2.75, 3.05) is 6.54 Å². The molecule has 0 spiro atoms. The molecule has 0 saturated heterocycles. The summed E-state index contributed by atoms with van der Waals surface area (Å²) < 4.78 is 0. The highest BCUT2D eigenvalue weighted by Crippen LogP contribution is 2.39. The number of rotatable bonds is 3. The van der Waals surface area contributed by atoms with E-state index in [4.69, 9.17) is 0 Å². The molecule has 0 aromatic heterocycles. The Labute approximate surface area is 154 Å². The Morgan fingerprint density at radius 3 is 2.80 bits per heavy atom. The maximum atomic E-state index is 3.90. The van der Waals surface area contributed by atoms with Gasteiger partial charge in [0.1, 0.15) is 0 Å². The van der Waals surface area contributed by atoms with E-state index in [1.54, 1.807) is 16.7 Å². The summed E-state index contributed by atoms with van der Waals surface area (Å²) >= 11 is 0. The molecular formula is C24H35N. The highest BCUT2D eigenvalue weighted by atomic mass is 14.9. The molecule has 1 fully saturated rings. The number of hydrogen-bond acceptors (Lipinski definition) is 1. The molecule has 1 aliphatic heterocycles. The molecular weight excluding hydrogens is 302 g/mol. The van der Waals surface area contributed by atoms with Gasteiger partial charge in [-0.3, -0.25) is 0 Å². The Morgan fingerprint density at radius 2 is 2.00 bits per heavy atom. The predicted molar refractivity (Wildman–Crippen MR) is 107 cm³/mol. The Balaban J connectivity index is 1.54. The van der Waals surface area contributed by atoms with Crippen molar-refractivity contribution in [2.24, 2.45) is 23.7 Å². The zero-order valence-corrected chi connectivity index (χ0v) is 16.1. The summed E-state index contributed by atoms with van der Waals surface area (Å²) in [7, 11) is 0. The number of fused-ring (bicyclic) bond motifs is 1. The second kappa shape index (κ2) is 7.66. The van der Waals surface area contributed by atoms with Crippen LogP contribution in [-0.2, 0) is 0 Å². The number of hydrogen-bond donors (Lipinski definition) is 1. The third-order valence-corrected chi connectivity index (χ3v) is 7.03. The van der Waals surface area contributed by atoms with Crippen LogP contribution in [0.4, 0.5) is 0 Å². The molecule has 1 saturated carbocycles. The van der Waals surface area contributed by atoms with Crippen molar-refractivity contribution < 1.29 is 0 Å². The minimum absolute atomic E-state index is 0.447. The van der Waals surface area contributed by atoms with Crippen LogP contribution in [0, 0.1) is 23.7 Å². The maximum Gasteiger partial charge on any atom is 0.0506 e. The molecule has 4 unspecified atom stereocenters. The van der Waals surface area contributed by atoms with E-state index in [1.165, 1.54) is 51.4 Å². The zero-order chi connectivity index (χ0) is 17.2. The van der Waals surface area contributed by atoms with Gasteiger partial charge in [-0.05, 0) is 74.2 Å². The van der Waals surface area contributed by atoms with Crippen LogP contribution >= 0.6 is 0 Å². The summed E-state index contributed by atoms with van der Waals surface area (Å²) in [5.74, 6) is 3.10. The second-order valence-electron chi connectivity index (χ2n) is 8.96. The summed E-state index contributed by atoms with van der Waals surface area (Å²) in [4.78, 5) is 0. The summed E-state index contributed by atoms with van der Waals surface area (Å²) in [6.07, 6.45) is 23.3. The molecule has 0 bridgehead atoms. The first-order valence-electron chi connectivity index (χ1n) is 10.7. The van der Waals surface area contributed by atoms with Gasteiger partial charge < -0.3 is 5.32 Å². The monoisotopic (exact) mass is 337 g/mol. The van der Waals surface area contributed by atoms with Crippen molar-refractivity contribution in [1.82, 2.24) is 5.32 Å². The van der Waals surface area contributed by atoms with Crippen LogP contribution in [-0.4, -0.2) is 12.6 Å². The fraction of sp³-hybridized carbons (Fsp3) is 0.667. The molecule has 1 N–H and O–H groups in total. The van der Waals surface area contributed by atoms with Crippen LogP contribution in [0.2, 0.25) is 0 Å². The van der Waals surface area contributed by atoms with E-state index in [9.17, 15) is 0 Å². The van der Waals surface area contributed by atoms with Crippen LogP contribution in [0.15, 0.2) is 47.1 Å². The van der Waals surface area contributed by atoms with Gasteiger partial charge in [0.2, 0.25) is 0 Å². The van der Waals surface area contributed by atoms with Crippen LogP contribution in [0.3, 0.4) is 0 Å². The average molecular weight is 338 g/mol. The largest absolute Gasteiger partial charge is 0.306 e. The van der Waals surface area contributed by atoms with E-state index in [2.05, 4.69) is 49.5 Å². The first-order valence-corrected chi connectivity index (χ1v) is 10.7. The van der Waals surface area contributed by atoms with Gasteiger partial charge in [0.25, 0.3) is 0 Å². The number of nitrogens with one attached hydrogen (secondary N) is 1. The van der Waals surface area contributed by atoms with E-state index < -0.39 is 0 Å². The van der Waals surface area contributed by atoms with Crippen molar-refractivity contribution in [2.45, 2.75) is 71.3 Å². The Bertz CT molecular complexity index is 604. The van der Waals surface area contributed by atoms with Gasteiger partial charge in [-0.15, -0.1) is 0 Å². The van der Waals surface area contributed by atoms with Crippen molar-refractivity contribution in [3.63, 3.8) is 0 Å². The lowest BCUT2D eigenvalue weighted by molar-refractivity contribution is 0.302. The van der Waals surface area contributed by atoms with Crippen LogP contribution in [0.25, 0.3) is 0 Å². The fourth-order valence-electron chi connectivity index (χ4n) is 5.54. The van der Waals surface area contributed by atoms with Gasteiger partial charge in [0, 0.05) is 6.54 Å². The quantitative estimate of drug-likeness (QED) is 0.627. The SMILES string of the molecule is CC(C)C1=CC(C2=CCC3CCCCC3=C2)NCC1C1CC=CCC1. The standard InChI is InChI=1S/C24H35N/c1-17(2)22-15-24(25-16-23(22)19-9-4-3-5-10-19)21-13-12-18-8-6-7-11-20(18)14-21/h3-4,13-15,17-19,23-25H,5-12,16H2,1-2H3. The van der Waals surface area contributed by atoms with Crippen molar-refractivity contribution >= 4 is 0 Å². The Morgan fingerprint density at radius 1 is 1.08 bits per heavy atom. The lowest BCUT2D eigenvalue weighted by Crippen LogP contribution is -2.42. The van der Waals surface area contributed by atoms with Crippen molar-refractivity contribution in [3.8, 4) is 0 Å². The normalized spacial score (nSPS) is 35.7. The molecule has 0 aromatic rings. The van der Waals surface area contributed by atoms with Gasteiger partial charge in [0.15, 0.2) is 0 Å².